The highest BCUT2D eigenvalue weighted by Gasteiger charge is 2.28. The molecular formula is C18H20N4O3. The zero-order chi connectivity index (χ0) is 17.2. The Morgan fingerprint density at radius 1 is 1.40 bits per heavy atom. The van der Waals surface area contributed by atoms with Gasteiger partial charge in [-0.05, 0) is 25.0 Å². The first-order valence-electron chi connectivity index (χ1n) is 8.58. The first kappa shape index (κ1) is 15.7. The van der Waals surface area contributed by atoms with Crippen LogP contribution in [0.3, 0.4) is 0 Å². The lowest BCUT2D eigenvalue weighted by atomic mass is 10.0. The summed E-state index contributed by atoms with van der Waals surface area (Å²) in [6.07, 6.45) is 8.28. The van der Waals surface area contributed by atoms with Gasteiger partial charge in [0, 0.05) is 38.0 Å². The van der Waals surface area contributed by atoms with Gasteiger partial charge in [-0.1, -0.05) is 12.1 Å². The van der Waals surface area contributed by atoms with Crippen molar-refractivity contribution in [2.45, 2.75) is 32.2 Å². The average molecular weight is 340 g/mol. The van der Waals surface area contributed by atoms with Gasteiger partial charge in [0.05, 0.1) is 12.3 Å². The monoisotopic (exact) mass is 340 g/mol. The second-order valence-corrected chi connectivity index (χ2v) is 6.21. The van der Waals surface area contributed by atoms with E-state index in [1.54, 1.807) is 24.5 Å². The number of aryl methyl sites for hydroxylation is 1. The van der Waals surface area contributed by atoms with Gasteiger partial charge in [0.15, 0.2) is 11.5 Å². The van der Waals surface area contributed by atoms with Gasteiger partial charge in [0.25, 0.3) is 5.91 Å². The molecule has 1 saturated heterocycles. The molecule has 7 nitrogen and oxygen atoms in total. The first-order valence-corrected chi connectivity index (χ1v) is 8.58. The Morgan fingerprint density at radius 3 is 3.12 bits per heavy atom. The third-order valence-corrected chi connectivity index (χ3v) is 4.64. The molecule has 4 rings (SSSR count). The van der Waals surface area contributed by atoms with Crippen LogP contribution in [0.5, 0.6) is 0 Å². The van der Waals surface area contributed by atoms with Crippen LogP contribution in [-0.4, -0.2) is 38.6 Å². The maximum atomic E-state index is 12.8. The van der Waals surface area contributed by atoms with Crippen LogP contribution < -0.4 is 0 Å². The summed E-state index contributed by atoms with van der Waals surface area (Å²) in [5.41, 5.74) is 0.313. The topological polar surface area (TPSA) is 77.3 Å². The van der Waals surface area contributed by atoms with E-state index in [9.17, 15) is 4.79 Å². The number of piperidine rings is 1. The van der Waals surface area contributed by atoms with Gasteiger partial charge in [0.2, 0.25) is 5.76 Å². The number of aromatic nitrogens is 3. The molecule has 0 spiro atoms. The van der Waals surface area contributed by atoms with Crippen molar-refractivity contribution in [3.63, 3.8) is 0 Å². The number of hydrogen-bond acceptors (Lipinski definition) is 5. The highest BCUT2D eigenvalue weighted by atomic mass is 16.5. The van der Waals surface area contributed by atoms with Gasteiger partial charge < -0.3 is 18.4 Å². The molecule has 130 valence electrons. The van der Waals surface area contributed by atoms with Crippen LogP contribution in [-0.2, 0) is 6.42 Å². The fourth-order valence-corrected chi connectivity index (χ4v) is 3.39. The standard InChI is InChI=1S/C18H20N4O3/c1-2-17-19-7-9-22(17)13-5-3-8-21(12-13)18(23)14-11-16(25-20-14)15-6-4-10-24-15/h4,6-7,9-11,13H,2-3,5,8,12H2,1H3. The summed E-state index contributed by atoms with van der Waals surface area (Å²) in [6, 6.07) is 5.44. The van der Waals surface area contributed by atoms with Crippen molar-refractivity contribution in [2.24, 2.45) is 0 Å². The fourth-order valence-electron chi connectivity index (χ4n) is 3.39. The molecule has 1 atom stereocenters. The third kappa shape index (κ3) is 2.97. The van der Waals surface area contributed by atoms with Crippen molar-refractivity contribution in [2.75, 3.05) is 13.1 Å². The number of likely N-dealkylation sites (tertiary alicyclic amines) is 1. The van der Waals surface area contributed by atoms with E-state index in [-0.39, 0.29) is 11.9 Å². The highest BCUT2D eigenvalue weighted by Crippen LogP contribution is 2.26. The van der Waals surface area contributed by atoms with Crippen LogP contribution in [0, 0.1) is 0 Å². The molecule has 0 aliphatic carbocycles. The number of rotatable bonds is 4. The number of furan rings is 1. The minimum Gasteiger partial charge on any atom is -0.461 e. The summed E-state index contributed by atoms with van der Waals surface area (Å²) < 4.78 is 12.7. The molecule has 0 bridgehead atoms. The molecule has 0 aromatic carbocycles. The largest absolute Gasteiger partial charge is 0.461 e. The summed E-state index contributed by atoms with van der Waals surface area (Å²) >= 11 is 0. The Kier molecular flexibility index (Phi) is 4.13. The predicted molar refractivity (Wildman–Crippen MR) is 90.0 cm³/mol. The molecule has 1 aliphatic rings. The first-order chi connectivity index (χ1) is 12.3. The summed E-state index contributed by atoms with van der Waals surface area (Å²) in [4.78, 5) is 19.0. The maximum Gasteiger partial charge on any atom is 0.276 e. The SMILES string of the molecule is CCc1nccn1C1CCCN(C(=O)c2cc(-c3ccco3)on2)C1. The molecular weight excluding hydrogens is 320 g/mol. The molecule has 3 aromatic heterocycles. The number of nitrogens with zero attached hydrogens (tertiary/aromatic N) is 4. The van der Waals surface area contributed by atoms with Crippen LogP contribution in [0.15, 0.2) is 45.8 Å². The van der Waals surface area contributed by atoms with E-state index in [4.69, 9.17) is 8.94 Å². The van der Waals surface area contributed by atoms with Gasteiger partial charge in [-0.15, -0.1) is 0 Å². The van der Waals surface area contributed by atoms with Gasteiger partial charge in [0.1, 0.15) is 5.82 Å². The molecule has 7 heteroatoms. The van der Waals surface area contributed by atoms with Gasteiger partial charge in [-0.25, -0.2) is 4.98 Å². The van der Waals surface area contributed by atoms with Crippen LogP contribution >= 0.6 is 0 Å². The third-order valence-electron chi connectivity index (χ3n) is 4.64. The van der Waals surface area contributed by atoms with Gasteiger partial charge in [-0.2, -0.15) is 0 Å². The predicted octanol–water partition coefficient (Wildman–Crippen LogP) is 3.17. The molecule has 1 amide bonds. The van der Waals surface area contributed by atoms with Gasteiger partial charge >= 0.3 is 0 Å². The van der Waals surface area contributed by atoms with Crippen molar-refractivity contribution in [3.05, 3.63) is 48.4 Å². The zero-order valence-electron chi connectivity index (χ0n) is 14.1. The van der Waals surface area contributed by atoms with Crippen LogP contribution in [0.25, 0.3) is 11.5 Å². The minimum absolute atomic E-state index is 0.107. The minimum atomic E-state index is -0.107. The van der Waals surface area contributed by atoms with E-state index >= 15 is 0 Å². The molecule has 0 radical (unpaired) electrons. The van der Waals surface area contributed by atoms with E-state index in [2.05, 4.69) is 21.6 Å². The summed E-state index contributed by atoms with van der Waals surface area (Å²) in [5, 5.41) is 3.92. The maximum absolute atomic E-state index is 12.8. The number of carbonyl (C=O) groups excluding carboxylic acids is 1. The normalized spacial score (nSPS) is 17.8. The molecule has 3 aromatic rings. The van der Waals surface area contributed by atoms with E-state index in [1.165, 1.54) is 0 Å². The quantitative estimate of drug-likeness (QED) is 0.729. The Bertz CT molecular complexity index is 849. The second kappa shape index (κ2) is 6.58. The second-order valence-electron chi connectivity index (χ2n) is 6.21. The Morgan fingerprint density at radius 2 is 2.32 bits per heavy atom. The Balaban J connectivity index is 1.50. The summed E-state index contributed by atoms with van der Waals surface area (Å²) in [6.45, 7) is 3.48. The van der Waals surface area contributed by atoms with Crippen molar-refractivity contribution >= 4 is 5.91 Å². The number of imidazole rings is 1. The van der Waals surface area contributed by atoms with Gasteiger partial charge in [-0.3, -0.25) is 4.79 Å². The molecule has 0 saturated carbocycles. The van der Waals surface area contributed by atoms with Crippen LogP contribution in [0.1, 0.15) is 42.1 Å². The number of hydrogen-bond donors (Lipinski definition) is 0. The molecule has 1 fully saturated rings. The van der Waals surface area contributed by atoms with Crippen LogP contribution in [0.4, 0.5) is 0 Å². The lowest BCUT2D eigenvalue weighted by molar-refractivity contribution is 0.0667. The molecule has 4 heterocycles. The van der Waals surface area contributed by atoms with E-state index in [0.29, 0.717) is 23.8 Å². The molecule has 1 aliphatic heterocycles. The highest BCUT2D eigenvalue weighted by molar-refractivity contribution is 5.93. The lowest BCUT2D eigenvalue weighted by Gasteiger charge is -2.33. The summed E-state index contributed by atoms with van der Waals surface area (Å²) in [7, 11) is 0. The zero-order valence-corrected chi connectivity index (χ0v) is 14.1. The van der Waals surface area contributed by atoms with E-state index < -0.39 is 0 Å². The molecule has 25 heavy (non-hydrogen) atoms. The van der Waals surface area contributed by atoms with Crippen molar-refractivity contribution in [1.29, 1.82) is 0 Å². The van der Waals surface area contributed by atoms with E-state index in [1.807, 2.05) is 17.3 Å². The van der Waals surface area contributed by atoms with Crippen molar-refractivity contribution in [1.82, 2.24) is 19.6 Å². The van der Waals surface area contributed by atoms with Crippen molar-refractivity contribution < 1.29 is 13.7 Å². The lowest BCUT2D eigenvalue weighted by Crippen LogP contribution is -2.41. The Hall–Kier alpha value is -2.83. The fraction of sp³-hybridized carbons (Fsp3) is 0.389. The summed E-state index contributed by atoms with van der Waals surface area (Å²) in [5.74, 6) is 1.98. The average Bonchev–Trinajstić information content (AvgIpc) is 3.41. The smallest absolute Gasteiger partial charge is 0.276 e. The number of carbonyl (C=O) groups is 1. The number of amides is 1. The molecule has 1 unspecified atom stereocenters. The van der Waals surface area contributed by atoms with E-state index in [0.717, 1.165) is 31.6 Å². The Labute approximate surface area is 145 Å². The molecule has 0 N–H and O–H groups in total. The van der Waals surface area contributed by atoms with Crippen LogP contribution in [0.2, 0.25) is 0 Å². The van der Waals surface area contributed by atoms with Crippen molar-refractivity contribution in [3.8, 4) is 11.5 Å².